The largest absolute Gasteiger partial charge is 0.448 e. The van der Waals surface area contributed by atoms with Crippen LogP contribution in [-0.2, 0) is 4.74 Å². The van der Waals surface area contributed by atoms with Gasteiger partial charge < -0.3 is 16.2 Å². The number of hydrogen-bond donors (Lipinski definition) is 2. The van der Waals surface area contributed by atoms with E-state index in [1.165, 1.54) is 25.7 Å². The maximum Gasteiger partial charge on any atom is 0.436 e. The molecule has 5 nitrogen and oxygen atoms in total. The lowest BCUT2D eigenvalue weighted by Gasteiger charge is -2.01. The Morgan fingerprint density at radius 3 is 2.33 bits per heavy atom. The van der Waals surface area contributed by atoms with Crippen molar-refractivity contribution in [1.82, 2.24) is 0 Å². The first kappa shape index (κ1) is 13.7. The van der Waals surface area contributed by atoms with Crippen molar-refractivity contribution < 1.29 is 9.53 Å². The third-order valence-corrected chi connectivity index (χ3v) is 1.94. The predicted molar refractivity (Wildman–Crippen MR) is 60.5 cm³/mol. The third kappa shape index (κ3) is 10.7. The van der Waals surface area contributed by atoms with E-state index < -0.39 is 6.09 Å². The third-order valence-electron chi connectivity index (χ3n) is 1.94. The summed E-state index contributed by atoms with van der Waals surface area (Å²) in [6, 6.07) is 0. The van der Waals surface area contributed by atoms with E-state index >= 15 is 0 Å². The lowest BCUT2D eigenvalue weighted by molar-refractivity contribution is 0.155. The Balaban J connectivity index is 3.24. The highest BCUT2D eigenvalue weighted by Gasteiger charge is 1.99. The molecule has 0 aromatic carbocycles. The van der Waals surface area contributed by atoms with E-state index in [1.807, 2.05) is 0 Å². The zero-order chi connectivity index (χ0) is 11.5. The average molecular weight is 215 g/mol. The van der Waals surface area contributed by atoms with Crippen molar-refractivity contribution in [3.63, 3.8) is 0 Å². The highest BCUT2D eigenvalue weighted by Crippen LogP contribution is 2.04. The molecule has 0 unspecified atom stereocenters. The summed E-state index contributed by atoms with van der Waals surface area (Å²) in [6.45, 7) is 2.57. The number of carbonyl (C=O) groups excluding carboxylic acids is 1. The maximum absolute atomic E-state index is 10.8. The van der Waals surface area contributed by atoms with Crippen molar-refractivity contribution in [2.75, 3.05) is 6.61 Å². The summed E-state index contributed by atoms with van der Waals surface area (Å²) in [5.74, 6) is -0.261. The van der Waals surface area contributed by atoms with E-state index in [4.69, 9.17) is 16.2 Å². The minimum atomic E-state index is -0.705. The fourth-order valence-electron chi connectivity index (χ4n) is 1.18. The summed E-state index contributed by atoms with van der Waals surface area (Å²) in [7, 11) is 0. The molecule has 0 aliphatic carbocycles. The molecule has 0 atom stereocenters. The molecule has 0 saturated carbocycles. The van der Waals surface area contributed by atoms with Crippen LogP contribution in [0.15, 0.2) is 4.99 Å². The molecule has 88 valence electrons. The molecule has 1 amide bonds. The molecule has 15 heavy (non-hydrogen) atoms. The minimum Gasteiger partial charge on any atom is -0.448 e. The molecule has 0 aromatic rings. The summed E-state index contributed by atoms with van der Waals surface area (Å²) in [4.78, 5) is 14.1. The van der Waals surface area contributed by atoms with Crippen LogP contribution in [0.25, 0.3) is 0 Å². The monoisotopic (exact) mass is 215 g/mol. The number of rotatable bonds is 7. The second-order valence-corrected chi connectivity index (χ2v) is 3.42. The van der Waals surface area contributed by atoms with Gasteiger partial charge >= 0.3 is 6.09 Å². The fraction of sp³-hybridized carbons (Fsp3) is 0.800. The van der Waals surface area contributed by atoms with Crippen LogP contribution in [0.3, 0.4) is 0 Å². The minimum absolute atomic E-state index is 0.261. The van der Waals surface area contributed by atoms with Crippen LogP contribution in [0.1, 0.15) is 45.4 Å². The van der Waals surface area contributed by atoms with Crippen molar-refractivity contribution in [2.45, 2.75) is 45.4 Å². The Morgan fingerprint density at radius 2 is 1.73 bits per heavy atom. The number of guanidine groups is 1. The molecule has 0 radical (unpaired) electrons. The molecule has 0 saturated heterocycles. The zero-order valence-corrected chi connectivity index (χ0v) is 9.37. The van der Waals surface area contributed by atoms with Gasteiger partial charge in [0.05, 0.1) is 6.61 Å². The number of amides is 1. The molecular weight excluding hydrogens is 194 g/mol. The van der Waals surface area contributed by atoms with Gasteiger partial charge in [-0.1, -0.05) is 39.0 Å². The summed E-state index contributed by atoms with van der Waals surface area (Å²) in [6.07, 6.45) is 6.19. The summed E-state index contributed by atoms with van der Waals surface area (Å²) >= 11 is 0. The van der Waals surface area contributed by atoms with Crippen LogP contribution in [0, 0.1) is 0 Å². The molecule has 0 spiro atoms. The summed E-state index contributed by atoms with van der Waals surface area (Å²) in [5.41, 5.74) is 10.0. The van der Waals surface area contributed by atoms with Crippen LogP contribution in [0.4, 0.5) is 4.79 Å². The number of carbonyl (C=O) groups is 1. The Hall–Kier alpha value is -1.26. The second kappa shape index (κ2) is 9.30. The maximum atomic E-state index is 10.8. The Bertz CT molecular complexity index is 201. The number of nitrogens with zero attached hydrogens (tertiary/aromatic N) is 1. The van der Waals surface area contributed by atoms with Crippen molar-refractivity contribution in [1.29, 1.82) is 0 Å². The molecule has 0 aliphatic heterocycles. The lowest BCUT2D eigenvalue weighted by Crippen LogP contribution is -2.24. The number of nitrogens with two attached hydrogens (primary N) is 2. The van der Waals surface area contributed by atoms with Gasteiger partial charge in [-0.05, 0) is 6.42 Å². The Morgan fingerprint density at radius 1 is 1.13 bits per heavy atom. The normalized spacial score (nSPS) is 9.67. The molecule has 0 heterocycles. The highest BCUT2D eigenvalue weighted by atomic mass is 16.5. The van der Waals surface area contributed by atoms with Crippen molar-refractivity contribution >= 4 is 12.1 Å². The topological polar surface area (TPSA) is 90.7 Å². The predicted octanol–water partition coefficient (Wildman–Crippen LogP) is 1.76. The molecule has 0 fully saturated rings. The number of aliphatic imine (C=N–C) groups is 1. The van der Waals surface area contributed by atoms with E-state index in [0.717, 1.165) is 12.8 Å². The number of hydrogen-bond acceptors (Lipinski definition) is 2. The van der Waals surface area contributed by atoms with Gasteiger partial charge in [0.2, 0.25) is 0 Å². The fourth-order valence-corrected chi connectivity index (χ4v) is 1.18. The SMILES string of the molecule is CCCCCCCCOC(=O)N=C(N)N. The van der Waals surface area contributed by atoms with Gasteiger partial charge in [0.15, 0.2) is 5.96 Å². The van der Waals surface area contributed by atoms with E-state index in [2.05, 4.69) is 11.9 Å². The Labute approximate surface area is 90.9 Å². The molecule has 0 rings (SSSR count). The zero-order valence-electron chi connectivity index (χ0n) is 9.37. The molecule has 5 heteroatoms. The van der Waals surface area contributed by atoms with E-state index in [0.29, 0.717) is 6.61 Å². The quantitative estimate of drug-likeness (QED) is 0.384. The van der Waals surface area contributed by atoms with Gasteiger partial charge in [0, 0.05) is 0 Å². The first-order chi connectivity index (χ1) is 7.16. The first-order valence-electron chi connectivity index (χ1n) is 5.43. The highest BCUT2D eigenvalue weighted by molar-refractivity contribution is 5.87. The summed E-state index contributed by atoms with van der Waals surface area (Å²) in [5, 5.41) is 0. The average Bonchev–Trinajstić information content (AvgIpc) is 2.15. The van der Waals surface area contributed by atoms with Crippen molar-refractivity contribution in [3.05, 3.63) is 0 Å². The molecular formula is C10H21N3O2. The molecule has 0 bridgehead atoms. The van der Waals surface area contributed by atoms with Crippen molar-refractivity contribution in [3.8, 4) is 0 Å². The molecule has 4 N–H and O–H groups in total. The van der Waals surface area contributed by atoms with E-state index in [-0.39, 0.29) is 5.96 Å². The Kier molecular flexibility index (Phi) is 8.52. The lowest BCUT2D eigenvalue weighted by atomic mass is 10.1. The van der Waals surface area contributed by atoms with Gasteiger partial charge in [-0.2, -0.15) is 0 Å². The van der Waals surface area contributed by atoms with Crippen LogP contribution in [0.2, 0.25) is 0 Å². The van der Waals surface area contributed by atoms with Gasteiger partial charge in [-0.25, -0.2) is 4.79 Å². The van der Waals surface area contributed by atoms with E-state index in [9.17, 15) is 4.79 Å². The van der Waals surface area contributed by atoms with Crippen molar-refractivity contribution in [2.24, 2.45) is 16.5 Å². The van der Waals surface area contributed by atoms with Gasteiger partial charge in [-0.15, -0.1) is 4.99 Å². The number of unbranched alkanes of at least 4 members (excludes halogenated alkanes) is 5. The van der Waals surface area contributed by atoms with Crippen LogP contribution in [0.5, 0.6) is 0 Å². The van der Waals surface area contributed by atoms with Gasteiger partial charge in [-0.3, -0.25) is 0 Å². The summed E-state index contributed by atoms with van der Waals surface area (Å²) < 4.78 is 4.77. The van der Waals surface area contributed by atoms with Gasteiger partial charge in [0.1, 0.15) is 0 Å². The first-order valence-corrected chi connectivity index (χ1v) is 5.43. The second-order valence-electron chi connectivity index (χ2n) is 3.42. The smallest absolute Gasteiger partial charge is 0.436 e. The van der Waals surface area contributed by atoms with Crippen LogP contribution >= 0.6 is 0 Å². The molecule has 0 aromatic heterocycles. The van der Waals surface area contributed by atoms with Crippen LogP contribution in [-0.4, -0.2) is 18.7 Å². The number of ether oxygens (including phenoxy) is 1. The van der Waals surface area contributed by atoms with Gasteiger partial charge in [0.25, 0.3) is 0 Å². The van der Waals surface area contributed by atoms with E-state index in [1.54, 1.807) is 0 Å². The standard InChI is InChI=1S/C10H21N3O2/c1-2-3-4-5-6-7-8-15-10(14)13-9(11)12/h2-8H2,1H3,(H4,11,12,13,14). The van der Waals surface area contributed by atoms with Crippen LogP contribution < -0.4 is 11.5 Å². The molecule has 0 aliphatic rings.